The van der Waals surface area contributed by atoms with Gasteiger partial charge in [-0.25, -0.2) is 4.39 Å². The molecule has 3 aliphatic carbocycles. The molecule has 0 radical (unpaired) electrons. The molecule has 0 aromatic heterocycles. The van der Waals surface area contributed by atoms with E-state index in [1.54, 1.807) is 0 Å². The minimum atomic E-state index is -2.79. The van der Waals surface area contributed by atoms with Crippen LogP contribution in [0.4, 0.5) is 10.1 Å². The topological polar surface area (TPSA) is 194 Å². The van der Waals surface area contributed by atoms with E-state index in [2.05, 4.69) is 5.32 Å². The SMILES string of the molecule is CN(C)[C@@H]1C(O)=C(C(N)=O)C(=O)[C@@]2(O)C(O)=C3C(=O)c4c(O)c(NC(=O)CN5CCC5)cc(F)c4C[C@H]3C[C@@H]12. The monoisotopic (exact) mass is 544 g/mol. The maximum absolute atomic E-state index is 15.3. The number of Topliss-reactive ketones (excluding diaryl/α,β-unsaturated/α-hetero) is 2. The smallest absolute Gasteiger partial charge is 0.255 e. The number of amides is 2. The maximum atomic E-state index is 15.3. The number of halogens is 1. The van der Waals surface area contributed by atoms with Crippen LogP contribution >= 0.6 is 0 Å². The van der Waals surface area contributed by atoms with Crippen LogP contribution in [0.15, 0.2) is 28.7 Å². The molecule has 5 rings (SSSR count). The Morgan fingerprint density at radius 1 is 1.23 bits per heavy atom. The first kappa shape index (κ1) is 26.8. The van der Waals surface area contributed by atoms with E-state index in [4.69, 9.17) is 5.73 Å². The summed E-state index contributed by atoms with van der Waals surface area (Å²) in [5.41, 5.74) is 0.216. The fourth-order valence-electron chi connectivity index (χ4n) is 6.30. The highest BCUT2D eigenvalue weighted by molar-refractivity contribution is 6.25. The molecule has 1 saturated heterocycles. The molecule has 1 aromatic carbocycles. The van der Waals surface area contributed by atoms with Gasteiger partial charge in [0, 0.05) is 23.1 Å². The van der Waals surface area contributed by atoms with E-state index in [9.17, 15) is 39.6 Å². The maximum Gasteiger partial charge on any atom is 0.255 e. The van der Waals surface area contributed by atoms with Gasteiger partial charge in [-0.3, -0.25) is 29.0 Å². The lowest BCUT2D eigenvalue weighted by atomic mass is 9.58. The Kier molecular flexibility index (Phi) is 6.28. The second-order valence-corrected chi connectivity index (χ2v) is 10.7. The van der Waals surface area contributed by atoms with Gasteiger partial charge in [0.2, 0.25) is 11.7 Å². The predicted octanol–water partition coefficient (Wildman–Crippen LogP) is -0.0961. The van der Waals surface area contributed by atoms with Crippen LogP contribution in [0.2, 0.25) is 0 Å². The van der Waals surface area contributed by atoms with Crippen LogP contribution < -0.4 is 11.1 Å². The third-order valence-corrected chi connectivity index (χ3v) is 8.26. The third kappa shape index (κ3) is 3.83. The molecule has 0 saturated carbocycles. The van der Waals surface area contributed by atoms with E-state index in [1.165, 1.54) is 19.0 Å². The highest BCUT2D eigenvalue weighted by atomic mass is 19.1. The number of phenols is 1. The minimum Gasteiger partial charge on any atom is -0.510 e. The van der Waals surface area contributed by atoms with E-state index in [0.717, 1.165) is 25.6 Å². The van der Waals surface area contributed by atoms with E-state index in [1.807, 2.05) is 4.90 Å². The Labute approximate surface area is 222 Å². The first-order valence-electron chi connectivity index (χ1n) is 12.5. The Hall–Kier alpha value is -3.81. The number of fused-ring (bicyclic) bond motifs is 3. The molecule has 12 nitrogen and oxygen atoms in total. The molecule has 4 aliphatic rings. The van der Waals surface area contributed by atoms with Gasteiger partial charge < -0.3 is 31.5 Å². The first-order valence-corrected chi connectivity index (χ1v) is 12.5. The van der Waals surface area contributed by atoms with Crippen LogP contribution in [0.25, 0.3) is 0 Å². The summed E-state index contributed by atoms with van der Waals surface area (Å²) in [5.74, 6) is -9.64. The minimum absolute atomic E-state index is 0.0201. The molecule has 39 heavy (non-hydrogen) atoms. The third-order valence-electron chi connectivity index (χ3n) is 8.26. The molecule has 7 N–H and O–H groups in total. The van der Waals surface area contributed by atoms with E-state index < -0.39 is 86.7 Å². The number of likely N-dealkylation sites (tertiary alicyclic amines) is 1. The first-order chi connectivity index (χ1) is 18.3. The van der Waals surface area contributed by atoms with Gasteiger partial charge in [-0.05, 0) is 52.4 Å². The zero-order valence-corrected chi connectivity index (χ0v) is 21.3. The van der Waals surface area contributed by atoms with Crippen LogP contribution in [-0.4, -0.2) is 99.0 Å². The van der Waals surface area contributed by atoms with Gasteiger partial charge >= 0.3 is 0 Å². The number of hydrogen-bond donors (Lipinski definition) is 6. The van der Waals surface area contributed by atoms with Crippen LogP contribution in [0.3, 0.4) is 0 Å². The van der Waals surface area contributed by atoms with Gasteiger partial charge in [0.1, 0.15) is 22.9 Å². The van der Waals surface area contributed by atoms with Gasteiger partial charge in [-0.15, -0.1) is 0 Å². The summed E-state index contributed by atoms with van der Waals surface area (Å²) in [5, 5.41) is 47.0. The number of anilines is 1. The lowest BCUT2D eigenvalue weighted by Gasteiger charge is -2.50. The Balaban J connectivity index is 1.60. The van der Waals surface area contributed by atoms with Gasteiger partial charge in [-0.1, -0.05) is 0 Å². The molecule has 1 fully saturated rings. The molecule has 208 valence electrons. The highest BCUT2D eigenvalue weighted by Gasteiger charge is 2.63. The highest BCUT2D eigenvalue weighted by Crippen LogP contribution is 2.53. The number of ketones is 2. The van der Waals surface area contributed by atoms with Crippen molar-refractivity contribution in [3.8, 4) is 5.75 Å². The summed E-state index contributed by atoms with van der Waals surface area (Å²) in [4.78, 5) is 54.7. The molecule has 1 aromatic rings. The zero-order valence-electron chi connectivity index (χ0n) is 21.3. The number of carbonyl (C=O) groups is 4. The number of hydrogen-bond acceptors (Lipinski definition) is 10. The average Bonchev–Trinajstić information content (AvgIpc) is 2.81. The van der Waals surface area contributed by atoms with Crippen molar-refractivity contribution in [3.05, 3.63) is 45.7 Å². The van der Waals surface area contributed by atoms with Gasteiger partial charge in [0.25, 0.3) is 5.91 Å². The number of likely N-dealkylation sites (N-methyl/N-ethyl adjacent to an activating group) is 1. The number of aliphatic hydroxyl groups excluding tert-OH is 2. The van der Waals surface area contributed by atoms with E-state index in [0.29, 0.717) is 0 Å². The number of carbonyl (C=O) groups excluding carboxylic acids is 4. The van der Waals surface area contributed by atoms with Gasteiger partial charge in [0.05, 0.1) is 23.8 Å². The van der Waals surface area contributed by atoms with Crippen molar-refractivity contribution in [3.63, 3.8) is 0 Å². The molecule has 4 atom stereocenters. The van der Waals surface area contributed by atoms with Crippen molar-refractivity contribution in [1.29, 1.82) is 0 Å². The summed E-state index contributed by atoms with van der Waals surface area (Å²) >= 11 is 0. The molecule has 1 aliphatic heterocycles. The lowest BCUT2D eigenvalue weighted by molar-refractivity contribution is -0.148. The molecule has 2 amide bonds. The predicted molar refractivity (Wildman–Crippen MR) is 133 cm³/mol. The second kappa shape index (κ2) is 9.14. The molecule has 13 heteroatoms. The lowest BCUT2D eigenvalue weighted by Crippen LogP contribution is -2.63. The fourth-order valence-corrected chi connectivity index (χ4v) is 6.30. The number of aliphatic hydroxyl groups is 3. The van der Waals surface area contributed by atoms with Crippen molar-refractivity contribution in [2.45, 2.75) is 30.9 Å². The van der Waals surface area contributed by atoms with Gasteiger partial charge in [-0.2, -0.15) is 0 Å². The fraction of sp³-hybridized carbons (Fsp3) is 0.462. The quantitative estimate of drug-likeness (QED) is 0.215. The van der Waals surface area contributed by atoms with Crippen molar-refractivity contribution in [1.82, 2.24) is 9.80 Å². The van der Waals surface area contributed by atoms with E-state index >= 15 is 4.39 Å². The number of benzene rings is 1. The Bertz CT molecular complexity index is 1400. The summed E-state index contributed by atoms with van der Waals surface area (Å²) in [6, 6.07) is -0.221. The summed E-state index contributed by atoms with van der Waals surface area (Å²) in [6.45, 7) is 1.48. The molecule has 0 unspecified atom stereocenters. The number of nitrogens with zero attached hydrogens (tertiary/aromatic N) is 2. The van der Waals surface area contributed by atoms with Crippen LogP contribution in [-0.2, 0) is 20.8 Å². The van der Waals surface area contributed by atoms with Crippen LogP contribution in [0, 0.1) is 17.7 Å². The number of primary amides is 1. The average molecular weight is 545 g/mol. The molecule has 0 bridgehead atoms. The van der Waals surface area contributed by atoms with Crippen molar-refractivity contribution in [2.75, 3.05) is 39.0 Å². The van der Waals surface area contributed by atoms with Crippen LogP contribution in [0.1, 0.15) is 28.8 Å². The van der Waals surface area contributed by atoms with E-state index in [-0.39, 0.29) is 30.6 Å². The molecular formula is C26H29FN4O8. The summed E-state index contributed by atoms with van der Waals surface area (Å²) in [6.07, 6.45) is 0.609. The number of nitrogens with two attached hydrogens (primary N) is 1. The molecular weight excluding hydrogens is 515 g/mol. The molecule has 0 spiro atoms. The zero-order chi connectivity index (χ0) is 28.5. The van der Waals surface area contributed by atoms with Crippen molar-refractivity contribution in [2.24, 2.45) is 17.6 Å². The normalized spacial score (nSPS) is 28.6. The second-order valence-electron chi connectivity index (χ2n) is 10.7. The number of nitrogens with one attached hydrogen (secondary N) is 1. The largest absolute Gasteiger partial charge is 0.510 e. The van der Waals surface area contributed by atoms with Gasteiger partial charge in [0.15, 0.2) is 17.1 Å². The Morgan fingerprint density at radius 3 is 2.46 bits per heavy atom. The van der Waals surface area contributed by atoms with Crippen LogP contribution in [0.5, 0.6) is 5.75 Å². The number of rotatable bonds is 5. The van der Waals surface area contributed by atoms with Crippen molar-refractivity contribution < 1.29 is 44.0 Å². The number of aromatic hydroxyl groups is 1. The molecule has 1 heterocycles. The Morgan fingerprint density at radius 2 is 1.90 bits per heavy atom. The summed E-state index contributed by atoms with van der Waals surface area (Å²) in [7, 11) is 3.03. The van der Waals surface area contributed by atoms with Crippen molar-refractivity contribution >= 4 is 29.1 Å². The number of allylic oxidation sites excluding steroid dienone is 1. The summed E-state index contributed by atoms with van der Waals surface area (Å²) < 4.78 is 15.3. The number of phenolic OH excluding ortho intramolecular Hbond substituents is 1. The standard InChI is InChI=1S/C26H29FN4O8/c1-30(2)19-12-7-10-6-11-13(27)8-14(29-15(32)9-31-4-3-5-31)20(33)17(11)21(34)16(10)23(36)26(12,39)24(37)18(22(19)35)25(28)38/h8,10,12,19,33,35-36,39H,3-7,9H2,1-2H3,(H2,28,38)(H,29,32)/t10-,12-,19-,26-/m0/s1.